The number of likely N-dealkylation sites (tertiary alicyclic amines) is 1. The molecule has 0 aliphatic carbocycles. The van der Waals surface area contributed by atoms with Gasteiger partial charge in [0.15, 0.2) is 6.79 Å². The molecule has 1 aliphatic rings. The van der Waals surface area contributed by atoms with Crippen LogP contribution in [0.5, 0.6) is 5.75 Å². The van der Waals surface area contributed by atoms with E-state index in [1.807, 2.05) is 26.8 Å². The van der Waals surface area contributed by atoms with Crippen molar-refractivity contribution in [3.63, 3.8) is 0 Å². The molecule has 1 aromatic carbocycles. The topological polar surface area (TPSA) is 72.4 Å². The molecule has 7 nitrogen and oxygen atoms in total. The third-order valence-electron chi connectivity index (χ3n) is 4.72. The minimum absolute atomic E-state index is 0.210. The molecule has 0 radical (unpaired) electrons. The molecule has 0 bridgehead atoms. The zero-order valence-electron chi connectivity index (χ0n) is 16.7. The van der Waals surface area contributed by atoms with Crippen molar-refractivity contribution in [2.45, 2.75) is 39.7 Å². The summed E-state index contributed by atoms with van der Waals surface area (Å²) in [5.74, 6) is 1.31. The van der Waals surface area contributed by atoms with Gasteiger partial charge in [-0.25, -0.2) is 4.98 Å². The molecule has 0 unspecified atom stereocenters. The van der Waals surface area contributed by atoms with Crippen LogP contribution in [-0.4, -0.2) is 59.7 Å². The van der Waals surface area contributed by atoms with Gasteiger partial charge in [0.05, 0.1) is 6.20 Å². The van der Waals surface area contributed by atoms with Crippen molar-refractivity contribution < 1.29 is 9.47 Å². The Morgan fingerprint density at radius 1 is 1.26 bits per heavy atom. The first-order valence-electron chi connectivity index (χ1n) is 9.53. The summed E-state index contributed by atoms with van der Waals surface area (Å²) in [4.78, 5) is 6.81. The van der Waals surface area contributed by atoms with Crippen molar-refractivity contribution in [3.05, 3.63) is 29.5 Å². The highest BCUT2D eigenvalue weighted by Crippen LogP contribution is 2.33. The number of likely N-dealkylation sites (N-methyl/N-ethyl adjacent to an activating group) is 1. The molecular weight excluding hydrogens is 342 g/mol. The molecule has 146 valence electrons. The van der Waals surface area contributed by atoms with Gasteiger partial charge in [0.1, 0.15) is 11.4 Å². The van der Waals surface area contributed by atoms with Gasteiger partial charge in [-0.2, -0.15) is 0 Å². The molecule has 7 heteroatoms. The normalized spacial score (nSPS) is 17.7. The number of hydrogen-bond donors (Lipinski definition) is 1. The number of aromatic nitrogens is 3. The summed E-state index contributed by atoms with van der Waals surface area (Å²) in [6, 6.07) is 4.46. The molecule has 1 fully saturated rings. The van der Waals surface area contributed by atoms with E-state index >= 15 is 0 Å². The Hall–Kier alpha value is -2.25. The molecule has 27 heavy (non-hydrogen) atoms. The number of nitrogens with zero attached hydrogens (tertiary/aromatic N) is 4. The molecule has 0 amide bonds. The largest absolute Gasteiger partial charge is 0.467 e. The van der Waals surface area contributed by atoms with Gasteiger partial charge in [-0.05, 0) is 64.4 Å². The Balaban J connectivity index is 1.77. The van der Waals surface area contributed by atoms with E-state index in [0.717, 1.165) is 42.0 Å². The molecule has 0 saturated carbocycles. The van der Waals surface area contributed by atoms with Crippen LogP contribution in [0.1, 0.15) is 30.9 Å². The molecule has 1 aliphatic heterocycles. The number of rotatable bonds is 7. The van der Waals surface area contributed by atoms with Gasteiger partial charge in [-0.15, -0.1) is 10.2 Å². The van der Waals surface area contributed by atoms with E-state index in [-0.39, 0.29) is 6.79 Å². The average Bonchev–Trinajstić information content (AvgIpc) is 2.63. The number of aryl methyl sites for hydroxylation is 2. The van der Waals surface area contributed by atoms with Crippen LogP contribution in [0.25, 0.3) is 11.3 Å². The van der Waals surface area contributed by atoms with Crippen molar-refractivity contribution >= 4 is 5.95 Å². The van der Waals surface area contributed by atoms with Crippen LogP contribution in [-0.2, 0) is 4.74 Å². The van der Waals surface area contributed by atoms with E-state index < -0.39 is 0 Å². The van der Waals surface area contributed by atoms with Crippen molar-refractivity contribution in [1.29, 1.82) is 0 Å². The lowest BCUT2D eigenvalue weighted by atomic mass is 10.0. The maximum absolute atomic E-state index is 5.82. The Bertz CT molecular complexity index is 751. The molecule has 1 atom stereocenters. The second kappa shape index (κ2) is 9.10. The summed E-state index contributed by atoms with van der Waals surface area (Å²) < 4.78 is 11.2. The first-order chi connectivity index (χ1) is 13.1. The Labute approximate surface area is 161 Å². The van der Waals surface area contributed by atoms with Gasteiger partial charge in [0.25, 0.3) is 0 Å². The Morgan fingerprint density at radius 2 is 2.11 bits per heavy atom. The van der Waals surface area contributed by atoms with Gasteiger partial charge in [-0.3, -0.25) is 0 Å². The van der Waals surface area contributed by atoms with E-state index in [9.17, 15) is 0 Å². The number of hydrogen-bond acceptors (Lipinski definition) is 7. The molecule has 0 spiro atoms. The molecular formula is C20H29N5O2. The third-order valence-corrected chi connectivity index (χ3v) is 4.72. The fraction of sp³-hybridized carbons (Fsp3) is 0.550. The Morgan fingerprint density at radius 3 is 2.81 bits per heavy atom. The summed E-state index contributed by atoms with van der Waals surface area (Å²) in [7, 11) is 2.14. The summed E-state index contributed by atoms with van der Waals surface area (Å²) >= 11 is 0. The summed E-state index contributed by atoms with van der Waals surface area (Å²) in [5.41, 5.74) is 3.81. The SMILES string of the molecule is CCOCOc1cc(C)cc(C)c1-c1cnc(N[C@@H]2CCCN(C)C2)nn1. The van der Waals surface area contributed by atoms with E-state index in [1.165, 1.54) is 6.42 Å². The van der Waals surface area contributed by atoms with Gasteiger partial charge >= 0.3 is 0 Å². The van der Waals surface area contributed by atoms with Crippen LogP contribution >= 0.6 is 0 Å². The van der Waals surface area contributed by atoms with E-state index in [4.69, 9.17) is 9.47 Å². The van der Waals surface area contributed by atoms with Crippen LogP contribution in [0.15, 0.2) is 18.3 Å². The van der Waals surface area contributed by atoms with Crippen LogP contribution in [0.4, 0.5) is 5.95 Å². The van der Waals surface area contributed by atoms with Crippen molar-refractivity contribution in [2.75, 3.05) is 38.9 Å². The highest BCUT2D eigenvalue weighted by Gasteiger charge is 2.18. The van der Waals surface area contributed by atoms with Gasteiger partial charge in [0, 0.05) is 24.8 Å². The highest BCUT2D eigenvalue weighted by molar-refractivity contribution is 5.71. The number of piperidine rings is 1. The number of benzene rings is 1. The fourth-order valence-corrected chi connectivity index (χ4v) is 3.48. The molecule has 3 rings (SSSR count). The first-order valence-corrected chi connectivity index (χ1v) is 9.53. The zero-order valence-corrected chi connectivity index (χ0v) is 16.7. The fourth-order valence-electron chi connectivity index (χ4n) is 3.48. The highest BCUT2D eigenvalue weighted by atomic mass is 16.7. The quantitative estimate of drug-likeness (QED) is 0.592. The molecule has 2 heterocycles. The summed E-state index contributed by atoms with van der Waals surface area (Å²) in [5, 5.41) is 12.1. The minimum atomic E-state index is 0.210. The standard InChI is InChI=1S/C20H29N5O2/c1-5-26-13-27-18-10-14(2)9-15(3)19(18)17-11-21-20(24-23-17)22-16-7-6-8-25(4)12-16/h9-11,16H,5-8,12-13H2,1-4H3,(H,21,22,24)/t16-/m1/s1. The lowest BCUT2D eigenvalue weighted by Gasteiger charge is -2.30. The van der Waals surface area contributed by atoms with Crippen molar-refractivity contribution in [1.82, 2.24) is 20.1 Å². The van der Waals surface area contributed by atoms with Gasteiger partial charge in [-0.1, -0.05) is 6.07 Å². The lowest BCUT2D eigenvalue weighted by Crippen LogP contribution is -2.40. The third kappa shape index (κ3) is 5.14. The van der Waals surface area contributed by atoms with Crippen molar-refractivity contribution in [3.8, 4) is 17.0 Å². The minimum Gasteiger partial charge on any atom is -0.467 e. The van der Waals surface area contributed by atoms with Crippen LogP contribution < -0.4 is 10.1 Å². The maximum Gasteiger partial charge on any atom is 0.242 e. The Kier molecular flexibility index (Phi) is 6.58. The average molecular weight is 371 g/mol. The molecule has 1 N–H and O–H groups in total. The van der Waals surface area contributed by atoms with Crippen LogP contribution in [0.2, 0.25) is 0 Å². The number of ether oxygens (including phenoxy) is 2. The predicted octanol–water partition coefficient (Wildman–Crippen LogP) is 3.03. The molecule has 1 aromatic heterocycles. The predicted molar refractivity (Wildman–Crippen MR) is 106 cm³/mol. The number of anilines is 1. The molecule has 1 saturated heterocycles. The molecule has 2 aromatic rings. The van der Waals surface area contributed by atoms with E-state index in [1.54, 1.807) is 6.20 Å². The zero-order chi connectivity index (χ0) is 19.2. The van der Waals surface area contributed by atoms with Crippen molar-refractivity contribution in [2.24, 2.45) is 0 Å². The van der Waals surface area contributed by atoms with Crippen LogP contribution in [0, 0.1) is 13.8 Å². The summed E-state index contributed by atoms with van der Waals surface area (Å²) in [6.45, 7) is 8.99. The second-order valence-electron chi connectivity index (χ2n) is 7.12. The second-order valence-corrected chi connectivity index (χ2v) is 7.12. The lowest BCUT2D eigenvalue weighted by molar-refractivity contribution is 0.0227. The maximum atomic E-state index is 5.82. The van der Waals surface area contributed by atoms with Crippen LogP contribution in [0.3, 0.4) is 0 Å². The van der Waals surface area contributed by atoms with E-state index in [2.05, 4.69) is 38.5 Å². The van der Waals surface area contributed by atoms with E-state index in [0.29, 0.717) is 24.3 Å². The van der Waals surface area contributed by atoms with Gasteiger partial charge < -0.3 is 19.7 Å². The first kappa shape index (κ1) is 19.5. The monoisotopic (exact) mass is 371 g/mol. The number of nitrogens with one attached hydrogen (secondary N) is 1. The summed E-state index contributed by atoms with van der Waals surface area (Å²) in [6.07, 6.45) is 4.07. The smallest absolute Gasteiger partial charge is 0.242 e. The van der Waals surface area contributed by atoms with Gasteiger partial charge in [0.2, 0.25) is 5.95 Å².